The molecule has 2 rings (SSSR count). The second-order valence-corrected chi connectivity index (χ2v) is 5.96. The summed E-state index contributed by atoms with van der Waals surface area (Å²) in [6.07, 6.45) is 3.52. The normalized spacial score (nSPS) is 25.8. The number of aliphatic hydroxyl groups excluding tert-OH is 1. The summed E-state index contributed by atoms with van der Waals surface area (Å²) in [4.78, 5) is 12.3. The van der Waals surface area contributed by atoms with Gasteiger partial charge in [0.2, 0.25) is 5.91 Å². The number of benzene rings is 1. The fourth-order valence-corrected chi connectivity index (χ4v) is 2.78. The Morgan fingerprint density at radius 2 is 2.10 bits per heavy atom. The summed E-state index contributed by atoms with van der Waals surface area (Å²) in [6, 6.07) is 9.39. The van der Waals surface area contributed by atoms with Gasteiger partial charge in [0, 0.05) is 6.54 Å². The van der Waals surface area contributed by atoms with Crippen molar-refractivity contribution in [1.82, 2.24) is 5.32 Å². The maximum absolute atomic E-state index is 12.3. The van der Waals surface area contributed by atoms with Gasteiger partial charge in [-0.25, -0.2) is 0 Å². The third-order valence-corrected chi connectivity index (χ3v) is 4.15. The molecule has 0 radical (unpaired) electrons. The number of carbonyl (C=O) groups excluding carboxylic acids is 1. The van der Waals surface area contributed by atoms with Crippen LogP contribution in [0.3, 0.4) is 0 Å². The molecular weight excluding hydrogens is 252 g/mol. The lowest BCUT2D eigenvalue weighted by Gasteiger charge is -2.29. The largest absolute Gasteiger partial charge is 0.393 e. The minimum Gasteiger partial charge on any atom is -0.393 e. The van der Waals surface area contributed by atoms with Crippen molar-refractivity contribution in [3.05, 3.63) is 35.9 Å². The summed E-state index contributed by atoms with van der Waals surface area (Å²) >= 11 is 0. The number of nitrogens with one attached hydrogen (secondary N) is 1. The Kier molecular flexibility index (Phi) is 4.78. The molecule has 1 fully saturated rings. The van der Waals surface area contributed by atoms with E-state index in [0.29, 0.717) is 12.5 Å². The maximum atomic E-state index is 12.3. The molecule has 0 saturated heterocycles. The molecule has 0 aliphatic heterocycles. The molecule has 3 atom stereocenters. The molecule has 1 amide bonds. The first-order valence-corrected chi connectivity index (χ1v) is 7.31. The summed E-state index contributed by atoms with van der Waals surface area (Å²) in [5, 5.41) is 12.6. The minimum atomic E-state index is -1.02. The van der Waals surface area contributed by atoms with Crippen molar-refractivity contribution >= 4 is 5.91 Å². The molecule has 20 heavy (non-hydrogen) atoms. The molecule has 3 unspecified atom stereocenters. The van der Waals surface area contributed by atoms with E-state index < -0.39 is 5.54 Å². The molecule has 1 aliphatic rings. The molecule has 0 heterocycles. The van der Waals surface area contributed by atoms with Crippen LogP contribution < -0.4 is 11.1 Å². The van der Waals surface area contributed by atoms with E-state index in [9.17, 15) is 9.90 Å². The maximum Gasteiger partial charge on any atom is 0.244 e. The van der Waals surface area contributed by atoms with Crippen LogP contribution in [-0.4, -0.2) is 23.7 Å². The second kappa shape index (κ2) is 6.37. The lowest BCUT2D eigenvalue weighted by Crippen LogP contribution is -2.50. The van der Waals surface area contributed by atoms with Crippen molar-refractivity contribution in [3.63, 3.8) is 0 Å². The van der Waals surface area contributed by atoms with Gasteiger partial charge in [-0.05, 0) is 37.7 Å². The fourth-order valence-electron chi connectivity index (χ4n) is 2.78. The molecule has 4 nitrogen and oxygen atoms in total. The van der Waals surface area contributed by atoms with Gasteiger partial charge in [-0.2, -0.15) is 0 Å². The SMILES string of the molecule is CC(N)(C(=O)NCC1CCCC(O)C1)c1ccccc1. The Bertz CT molecular complexity index is 445. The second-order valence-electron chi connectivity index (χ2n) is 5.96. The lowest BCUT2D eigenvalue weighted by atomic mass is 9.86. The van der Waals surface area contributed by atoms with Gasteiger partial charge >= 0.3 is 0 Å². The zero-order chi connectivity index (χ0) is 14.6. The zero-order valence-electron chi connectivity index (χ0n) is 12.0. The Morgan fingerprint density at radius 3 is 2.75 bits per heavy atom. The third kappa shape index (κ3) is 3.58. The number of hydrogen-bond acceptors (Lipinski definition) is 3. The summed E-state index contributed by atoms with van der Waals surface area (Å²) < 4.78 is 0. The predicted molar refractivity (Wildman–Crippen MR) is 79.0 cm³/mol. The predicted octanol–water partition coefficient (Wildman–Crippen LogP) is 1.53. The summed E-state index contributed by atoms with van der Waals surface area (Å²) in [6.45, 7) is 2.32. The van der Waals surface area contributed by atoms with Crippen molar-refractivity contribution in [1.29, 1.82) is 0 Å². The smallest absolute Gasteiger partial charge is 0.244 e. The van der Waals surface area contributed by atoms with E-state index in [4.69, 9.17) is 5.73 Å². The molecule has 4 heteroatoms. The summed E-state index contributed by atoms with van der Waals surface area (Å²) in [5.41, 5.74) is 5.95. The Morgan fingerprint density at radius 1 is 1.40 bits per heavy atom. The fraction of sp³-hybridized carbons (Fsp3) is 0.562. The van der Waals surface area contributed by atoms with Gasteiger partial charge in [0.15, 0.2) is 0 Å². The standard InChI is InChI=1S/C16H24N2O2/c1-16(17,13-7-3-2-4-8-13)15(20)18-11-12-6-5-9-14(19)10-12/h2-4,7-8,12,14,19H,5-6,9-11,17H2,1H3,(H,18,20). The van der Waals surface area contributed by atoms with E-state index >= 15 is 0 Å². The molecule has 1 saturated carbocycles. The molecule has 0 aromatic heterocycles. The highest BCUT2D eigenvalue weighted by Crippen LogP contribution is 2.24. The highest BCUT2D eigenvalue weighted by Gasteiger charge is 2.31. The van der Waals surface area contributed by atoms with Crippen LogP contribution in [0, 0.1) is 5.92 Å². The molecule has 1 aromatic carbocycles. The topological polar surface area (TPSA) is 75.4 Å². The molecule has 1 aliphatic carbocycles. The summed E-state index contributed by atoms with van der Waals surface area (Å²) in [7, 11) is 0. The van der Waals surface area contributed by atoms with Gasteiger partial charge in [0.05, 0.1) is 6.10 Å². The van der Waals surface area contributed by atoms with E-state index in [1.165, 1.54) is 0 Å². The Balaban J connectivity index is 1.91. The van der Waals surface area contributed by atoms with Gasteiger partial charge in [-0.15, -0.1) is 0 Å². The molecule has 1 aromatic rings. The van der Waals surface area contributed by atoms with Gasteiger partial charge in [0.25, 0.3) is 0 Å². The van der Waals surface area contributed by atoms with Crippen LogP contribution in [0.1, 0.15) is 38.2 Å². The van der Waals surface area contributed by atoms with Crippen LogP contribution >= 0.6 is 0 Å². The highest BCUT2D eigenvalue weighted by molar-refractivity contribution is 5.86. The minimum absolute atomic E-state index is 0.163. The number of nitrogens with two attached hydrogens (primary N) is 1. The van der Waals surface area contributed by atoms with Gasteiger partial charge in [0.1, 0.15) is 5.54 Å². The van der Waals surface area contributed by atoms with E-state index in [2.05, 4.69) is 5.32 Å². The first-order chi connectivity index (χ1) is 9.50. The summed E-state index contributed by atoms with van der Waals surface area (Å²) in [5.74, 6) is 0.193. The van der Waals surface area contributed by atoms with Gasteiger partial charge in [-0.3, -0.25) is 4.79 Å². The highest BCUT2D eigenvalue weighted by atomic mass is 16.3. The third-order valence-electron chi connectivity index (χ3n) is 4.15. The average Bonchev–Trinajstić information content (AvgIpc) is 2.45. The van der Waals surface area contributed by atoms with Crippen molar-refractivity contribution in [3.8, 4) is 0 Å². The van der Waals surface area contributed by atoms with E-state index in [0.717, 1.165) is 31.2 Å². The molecule has 110 valence electrons. The van der Waals surface area contributed by atoms with Crippen molar-refractivity contribution in [2.24, 2.45) is 11.7 Å². The van der Waals surface area contributed by atoms with Crippen LogP contribution in [0.15, 0.2) is 30.3 Å². The van der Waals surface area contributed by atoms with Gasteiger partial charge in [-0.1, -0.05) is 36.8 Å². The van der Waals surface area contributed by atoms with Gasteiger partial charge < -0.3 is 16.2 Å². The average molecular weight is 276 g/mol. The monoisotopic (exact) mass is 276 g/mol. The molecule has 0 bridgehead atoms. The number of aliphatic hydroxyl groups is 1. The first-order valence-electron chi connectivity index (χ1n) is 7.31. The number of rotatable bonds is 4. The Labute approximate surface area is 120 Å². The molecule has 4 N–H and O–H groups in total. The van der Waals surface area contributed by atoms with Crippen LogP contribution in [-0.2, 0) is 10.3 Å². The first kappa shape index (κ1) is 15.0. The quantitative estimate of drug-likeness (QED) is 0.780. The number of carbonyl (C=O) groups is 1. The van der Waals surface area contributed by atoms with Crippen molar-refractivity contribution in [2.75, 3.05) is 6.54 Å². The van der Waals surface area contributed by atoms with E-state index in [-0.39, 0.29) is 12.0 Å². The van der Waals surface area contributed by atoms with Crippen LogP contribution in [0.4, 0.5) is 0 Å². The van der Waals surface area contributed by atoms with Crippen LogP contribution in [0.25, 0.3) is 0 Å². The van der Waals surface area contributed by atoms with E-state index in [1.54, 1.807) is 6.92 Å². The number of hydrogen-bond donors (Lipinski definition) is 3. The van der Waals surface area contributed by atoms with E-state index in [1.807, 2.05) is 30.3 Å². The zero-order valence-corrected chi connectivity index (χ0v) is 12.0. The molecule has 0 spiro atoms. The molecular formula is C16H24N2O2. The van der Waals surface area contributed by atoms with Crippen molar-refractivity contribution < 1.29 is 9.90 Å². The Hall–Kier alpha value is -1.39. The van der Waals surface area contributed by atoms with Crippen molar-refractivity contribution in [2.45, 2.75) is 44.2 Å². The lowest BCUT2D eigenvalue weighted by molar-refractivity contribution is -0.126. The van der Waals surface area contributed by atoms with Crippen LogP contribution in [0.2, 0.25) is 0 Å². The van der Waals surface area contributed by atoms with Crippen LogP contribution in [0.5, 0.6) is 0 Å². The number of amides is 1.